The summed E-state index contributed by atoms with van der Waals surface area (Å²) in [5, 5.41) is 26.5. The van der Waals surface area contributed by atoms with E-state index < -0.39 is 29.9 Å². The Hall–Kier alpha value is -3.70. The van der Waals surface area contributed by atoms with Crippen molar-refractivity contribution in [2.24, 2.45) is 5.73 Å². The molecule has 3 rings (SSSR count). The lowest BCUT2D eigenvalue weighted by Gasteiger charge is -2.28. The van der Waals surface area contributed by atoms with Crippen molar-refractivity contribution in [2.45, 2.75) is 50.9 Å². The molecule has 0 bridgehead atoms. The summed E-state index contributed by atoms with van der Waals surface area (Å²) in [6.45, 7) is 0.710. The molecule has 0 aliphatic carbocycles. The molecule has 0 spiro atoms. The lowest BCUT2D eigenvalue weighted by Crippen LogP contribution is -2.54. The highest BCUT2D eigenvalue weighted by molar-refractivity contribution is 6.32. The molecule has 11 nitrogen and oxygen atoms in total. The van der Waals surface area contributed by atoms with Gasteiger partial charge in [-0.3, -0.25) is 14.4 Å². The Morgan fingerprint density at radius 2 is 2.00 bits per heavy atom. The minimum absolute atomic E-state index is 0.0165. The Balaban J connectivity index is 1.71. The van der Waals surface area contributed by atoms with Gasteiger partial charge in [-0.1, -0.05) is 23.7 Å². The van der Waals surface area contributed by atoms with E-state index in [1.54, 1.807) is 36.4 Å². The Kier molecular flexibility index (Phi) is 9.20. The molecule has 1 aliphatic heterocycles. The van der Waals surface area contributed by atoms with Crippen molar-refractivity contribution in [1.82, 2.24) is 15.5 Å². The van der Waals surface area contributed by atoms with Gasteiger partial charge in [-0.05, 0) is 42.5 Å². The number of carbonyl (C=O) groups is 4. The van der Waals surface area contributed by atoms with Gasteiger partial charge in [-0.2, -0.15) is 4.73 Å². The average molecular weight is 518 g/mol. The van der Waals surface area contributed by atoms with Gasteiger partial charge in [0.1, 0.15) is 12.1 Å². The number of amides is 3. The maximum absolute atomic E-state index is 13.4. The van der Waals surface area contributed by atoms with Crippen LogP contribution in [0.2, 0.25) is 5.02 Å². The highest BCUT2D eigenvalue weighted by Crippen LogP contribution is 2.21. The molecule has 12 heteroatoms. The second-order valence-corrected chi connectivity index (χ2v) is 8.85. The number of benzene rings is 1. The number of rotatable bonds is 9. The first-order chi connectivity index (χ1) is 17.2. The third-order valence-corrected chi connectivity index (χ3v) is 6.31. The number of hydrogen-bond acceptors (Lipinski definition) is 6. The van der Waals surface area contributed by atoms with Crippen LogP contribution in [-0.2, 0) is 38.7 Å². The number of nitrogens with one attached hydrogen (secondary N) is 2. The van der Waals surface area contributed by atoms with E-state index in [9.17, 15) is 24.4 Å². The van der Waals surface area contributed by atoms with Gasteiger partial charge in [-0.25, -0.2) is 4.79 Å². The van der Waals surface area contributed by atoms with E-state index >= 15 is 0 Å². The maximum atomic E-state index is 13.4. The SMILES string of the molecule is NCc1ccc(Cl)cc1CNC(=O)[C@@H]1CCCN1C(=O)C(CCc1cccc[n+]1[O-])NC(=O)C(=O)O. The van der Waals surface area contributed by atoms with E-state index in [2.05, 4.69) is 10.6 Å². The first-order valence-corrected chi connectivity index (χ1v) is 11.9. The molecule has 2 atom stereocenters. The lowest BCUT2D eigenvalue weighted by atomic mass is 10.1. The van der Waals surface area contributed by atoms with Gasteiger partial charge in [0.05, 0.1) is 0 Å². The minimum Gasteiger partial charge on any atom is -0.619 e. The van der Waals surface area contributed by atoms with E-state index in [4.69, 9.17) is 22.4 Å². The van der Waals surface area contributed by atoms with Gasteiger partial charge < -0.3 is 31.6 Å². The monoisotopic (exact) mass is 517 g/mol. The summed E-state index contributed by atoms with van der Waals surface area (Å²) in [6, 6.07) is 7.98. The van der Waals surface area contributed by atoms with Crippen molar-refractivity contribution >= 4 is 35.3 Å². The number of carbonyl (C=O) groups excluding carboxylic acids is 3. The summed E-state index contributed by atoms with van der Waals surface area (Å²) >= 11 is 6.06. The number of pyridine rings is 1. The molecular weight excluding hydrogens is 490 g/mol. The number of aliphatic carboxylic acids is 1. The Bertz CT molecular complexity index is 1140. The molecule has 1 aromatic carbocycles. The number of halogens is 1. The average Bonchev–Trinajstić information content (AvgIpc) is 3.35. The normalized spacial score (nSPS) is 15.8. The van der Waals surface area contributed by atoms with Gasteiger partial charge in [0.25, 0.3) is 0 Å². The second kappa shape index (κ2) is 12.3. The first kappa shape index (κ1) is 26.9. The van der Waals surface area contributed by atoms with E-state index in [0.29, 0.717) is 28.3 Å². The number of aromatic nitrogens is 1. The molecule has 0 radical (unpaired) electrons. The van der Waals surface area contributed by atoms with Crippen LogP contribution in [-0.4, -0.2) is 52.3 Å². The minimum atomic E-state index is -1.74. The van der Waals surface area contributed by atoms with Crippen LogP contribution in [0.1, 0.15) is 36.1 Å². The molecule has 36 heavy (non-hydrogen) atoms. The summed E-state index contributed by atoms with van der Waals surface area (Å²) in [5.41, 5.74) is 7.70. The summed E-state index contributed by atoms with van der Waals surface area (Å²) in [6.07, 6.45) is 2.38. The molecule has 1 aliphatic rings. The molecular formula is C24H28ClN5O6. The number of carboxylic acid groups (broad SMARTS) is 1. The van der Waals surface area contributed by atoms with Crippen LogP contribution in [0.5, 0.6) is 0 Å². The fraction of sp³-hybridized carbons (Fsp3) is 0.375. The predicted molar refractivity (Wildman–Crippen MR) is 129 cm³/mol. The van der Waals surface area contributed by atoms with E-state index in [1.807, 2.05) is 0 Å². The Labute approximate surface area is 212 Å². The van der Waals surface area contributed by atoms with Crippen LogP contribution in [0.25, 0.3) is 0 Å². The fourth-order valence-corrected chi connectivity index (χ4v) is 4.38. The second-order valence-electron chi connectivity index (χ2n) is 8.41. The zero-order valence-electron chi connectivity index (χ0n) is 19.5. The summed E-state index contributed by atoms with van der Waals surface area (Å²) in [7, 11) is 0. The number of hydrogen-bond donors (Lipinski definition) is 4. The topological polar surface area (TPSA) is 169 Å². The van der Waals surface area contributed by atoms with Crippen LogP contribution in [0.15, 0.2) is 42.6 Å². The van der Waals surface area contributed by atoms with Crippen LogP contribution in [0.3, 0.4) is 0 Å². The Morgan fingerprint density at radius 3 is 2.69 bits per heavy atom. The van der Waals surface area contributed by atoms with Crippen molar-refractivity contribution in [3.63, 3.8) is 0 Å². The highest BCUT2D eigenvalue weighted by atomic mass is 35.5. The molecule has 1 aromatic heterocycles. The number of nitrogens with zero attached hydrogens (tertiary/aromatic N) is 2. The van der Waals surface area contributed by atoms with Crippen LogP contribution in [0.4, 0.5) is 0 Å². The summed E-state index contributed by atoms with van der Waals surface area (Å²) in [5.74, 6) is -4.04. The quantitative estimate of drug-likeness (QED) is 0.210. The van der Waals surface area contributed by atoms with Crippen molar-refractivity contribution in [3.8, 4) is 0 Å². The number of likely N-dealkylation sites (tertiary alicyclic amines) is 1. The van der Waals surface area contributed by atoms with Gasteiger partial charge in [-0.15, -0.1) is 0 Å². The predicted octanol–water partition coefficient (Wildman–Crippen LogP) is 0.242. The van der Waals surface area contributed by atoms with Gasteiger partial charge >= 0.3 is 11.9 Å². The molecule has 1 unspecified atom stereocenters. The van der Waals surface area contributed by atoms with Crippen molar-refractivity contribution < 1.29 is 29.0 Å². The van der Waals surface area contributed by atoms with Crippen LogP contribution in [0, 0.1) is 5.21 Å². The summed E-state index contributed by atoms with van der Waals surface area (Å²) in [4.78, 5) is 50.7. The molecule has 3 amide bonds. The van der Waals surface area contributed by atoms with Gasteiger partial charge in [0.2, 0.25) is 11.8 Å². The van der Waals surface area contributed by atoms with E-state index in [1.165, 1.54) is 11.1 Å². The van der Waals surface area contributed by atoms with Crippen molar-refractivity contribution in [3.05, 3.63) is 69.6 Å². The summed E-state index contributed by atoms with van der Waals surface area (Å²) < 4.78 is 0.637. The molecule has 192 valence electrons. The van der Waals surface area contributed by atoms with E-state index in [0.717, 1.165) is 11.1 Å². The Morgan fingerprint density at radius 1 is 1.22 bits per heavy atom. The molecule has 5 N–H and O–H groups in total. The van der Waals surface area contributed by atoms with Crippen molar-refractivity contribution in [2.75, 3.05) is 6.54 Å². The molecule has 0 saturated carbocycles. The molecule has 1 fully saturated rings. The van der Waals surface area contributed by atoms with E-state index in [-0.39, 0.29) is 38.4 Å². The van der Waals surface area contributed by atoms with Gasteiger partial charge in [0.15, 0.2) is 11.9 Å². The third kappa shape index (κ3) is 6.70. The molecule has 2 aromatic rings. The zero-order chi connectivity index (χ0) is 26.2. The lowest BCUT2D eigenvalue weighted by molar-refractivity contribution is -0.614. The van der Waals surface area contributed by atoms with Crippen LogP contribution >= 0.6 is 11.6 Å². The van der Waals surface area contributed by atoms with Crippen LogP contribution < -0.4 is 21.1 Å². The smallest absolute Gasteiger partial charge is 0.394 e. The zero-order valence-corrected chi connectivity index (χ0v) is 20.2. The first-order valence-electron chi connectivity index (χ1n) is 11.5. The number of nitrogens with two attached hydrogens (primary N) is 1. The van der Waals surface area contributed by atoms with Crippen molar-refractivity contribution in [1.29, 1.82) is 0 Å². The number of carboxylic acids is 1. The third-order valence-electron chi connectivity index (χ3n) is 6.07. The highest BCUT2D eigenvalue weighted by Gasteiger charge is 2.38. The fourth-order valence-electron chi connectivity index (χ4n) is 4.19. The molecule has 2 heterocycles. The number of aryl methyl sites for hydroxylation is 1. The van der Waals surface area contributed by atoms with Gasteiger partial charge in [0, 0.05) is 43.2 Å². The standard InChI is InChI=1S/C24H28ClN5O6/c25-17-7-6-15(13-26)16(12-17)14-27-21(31)20-5-3-10-29(20)23(33)19(28-22(32)24(34)35)9-8-18-4-1-2-11-30(18)36/h1-2,4,6-7,11-12,19-20H,3,5,8-10,13-14,26H2,(H,27,31)(H,28,32)(H,34,35)/t19?,20-/m0/s1. The largest absolute Gasteiger partial charge is 0.619 e. The maximum Gasteiger partial charge on any atom is 0.394 e. The molecule has 1 saturated heterocycles.